The molecule has 2 rings (SSSR count). The second-order valence-electron chi connectivity index (χ2n) is 4.58. The number of carbonyl (C=O) groups excluding carboxylic acids is 2. The number of piperidine rings is 1. The van der Waals surface area contributed by atoms with Crippen LogP contribution in [0.2, 0.25) is 0 Å². The highest BCUT2D eigenvalue weighted by atomic mass is 19.1. The van der Waals surface area contributed by atoms with Gasteiger partial charge in [0.2, 0.25) is 11.8 Å². The molecule has 2 unspecified atom stereocenters. The van der Waals surface area contributed by atoms with Crippen LogP contribution in [0.25, 0.3) is 0 Å². The van der Waals surface area contributed by atoms with Crippen molar-refractivity contribution in [3.8, 4) is 0 Å². The summed E-state index contributed by atoms with van der Waals surface area (Å²) in [6.07, 6.45) is -0.767. The van der Waals surface area contributed by atoms with Gasteiger partial charge in [-0.2, -0.15) is 0 Å². The molecule has 1 heterocycles. The molecule has 1 aliphatic rings. The third kappa shape index (κ3) is 3.11. The van der Waals surface area contributed by atoms with Crippen LogP contribution in [-0.2, 0) is 16.1 Å². The van der Waals surface area contributed by atoms with Gasteiger partial charge in [-0.25, -0.2) is 8.78 Å². The molecule has 7 heteroatoms. The van der Waals surface area contributed by atoms with E-state index in [-0.39, 0.29) is 18.5 Å². The van der Waals surface area contributed by atoms with E-state index in [2.05, 4.69) is 10.6 Å². The minimum atomic E-state index is -1.20. The van der Waals surface area contributed by atoms with Crippen LogP contribution in [0.1, 0.15) is 12.0 Å². The van der Waals surface area contributed by atoms with Gasteiger partial charge in [0.1, 0.15) is 17.6 Å². The molecule has 1 aromatic rings. The number of hydrogen-bond donors (Lipinski definition) is 3. The molecular formula is C13H14F2N2O3. The first-order valence-electron chi connectivity index (χ1n) is 6.16. The van der Waals surface area contributed by atoms with Crippen LogP contribution >= 0.6 is 0 Å². The molecule has 1 aromatic carbocycles. The van der Waals surface area contributed by atoms with Crippen LogP contribution in [0.4, 0.5) is 8.78 Å². The molecule has 2 atom stereocenters. The zero-order valence-electron chi connectivity index (χ0n) is 10.5. The van der Waals surface area contributed by atoms with Crippen LogP contribution in [0.15, 0.2) is 18.2 Å². The smallest absolute Gasteiger partial charge is 0.235 e. The fraction of sp³-hybridized carbons (Fsp3) is 0.385. The van der Waals surface area contributed by atoms with Crippen molar-refractivity contribution in [1.29, 1.82) is 0 Å². The first-order valence-corrected chi connectivity index (χ1v) is 6.16. The van der Waals surface area contributed by atoms with Crippen molar-refractivity contribution in [3.63, 3.8) is 0 Å². The predicted octanol–water partition coefficient (Wildman–Crippen LogP) is 0.0780. The normalized spacial score (nSPS) is 22.2. The summed E-state index contributed by atoms with van der Waals surface area (Å²) in [6, 6.07) is 3.00. The van der Waals surface area contributed by atoms with E-state index in [1.165, 1.54) is 6.07 Å². The minimum Gasteiger partial charge on any atom is -0.392 e. The van der Waals surface area contributed by atoms with Crippen molar-refractivity contribution in [2.24, 2.45) is 5.92 Å². The lowest BCUT2D eigenvalue weighted by atomic mass is 9.94. The maximum atomic E-state index is 13.4. The van der Waals surface area contributed by atoms with E-state index in [1.54, 1.807) is 0 Å². The number of hydrogen-bond acceptors (Lipinski definition) is 3. The summed E-state index contributed by atoms with van der Waals surface area (Å²) in [5.74, 6) is -3.93. The van der Waals surface area contributed by atoms with Gasteiger partial charge < -0.3 is 15.7 Å². The maximum absolute atomic E-state index is 13.4. The van der Waals surface area contributed by atoms with E-state index in [0.717, 1.165) is 6.07 Å². The van der Waals surface area contributed by atoms with E-state index in [1.807, 2.05) is 0 Å². The monoisotopic (exact) mass is 284 g/mol. The average Bonchev–Trinajstić information content (AvgIpc) is 2.37. The van der Waals surface area contributed by atoms with Crippen LogP contribution < -0.4 is 10.6 Å². The number of aliphatic hydroxyl groups is 1. The molecule has 0 aromatic heterocycles. The Kier molecular flexibility index (Phi) is 4.29. The van der Waals surface area contributed by atoms with Crippen LogP contribution in [0.3, 0.4) is 0 Å². The van der Waals surface area contributed by atoms with Gasteiger partial charge in [0.15, 0.2) is 0 Å². The average molecular weight is 284 g/mol. The molecule has 108 valence electrons. The highest BCUT2D eigenvalue weighted by Gasteiger charge is 2.36. The van der Waals surface area contributed by atoms with Crippen LogP contribution in [0, 0.1) is 17.6 Å². The first-order chi connectivity index (χ1) is 9.49. The Morgan fingerprint density at radius 1 is 1.45 bits per heavy atom. The van der Waals surface area contributed by atoms with Crippen molar-refractivity contribution in [3.05, 3.63) is 35.4 Å². The van der Waals surface area contributed by atoms with Gasteiger partial charge in [-0.1, -0.05) is 6.07 Å². The molecular weight excluding hydrogens is 270 g/mol. The molecule has 1 saturated heterocycles. The zero-order chi connectivity index (χ0) is 14.7. The third-order valence-electron chi connectivity index (χ3n) is 3.16. The van der Waals surface area contributed by atoms with Crippen molar-refractivity contribution < 1.29 is 23.5 Å². The quantitative estimate of drug-likeness (QED) is 0.688. The Hall–Kier alpha value is -2.02. The van der Waals surface area contributed by atoms with E-state index in [4.69, 9.17) is 0 Å². The second kappa shape index (κ2) is 5.96. The fourth-order valence-electron chi connectivity index (χ4n) is 2.05. The molecule has 3 N–H and O–H groups in total. The molecule has 0 aliphatic carbocycles. The number of nitrogens with one attached hydrogen (secondary N) is 2. The van der Waals surface area contributed by atoms with Crippen molar-refractivity contribution >= 4 is 11.8 Å². The summed E-state index contributed by atoms with van der Waals surface area (Å²) in [4.78, 5) is 23.4. The Labute approximate surface area is 114 Å². The molecule has 0 bridgehead atoms. The van der Waals surface area contributed by atoms with Gasteiger partial charge in [-0.05, 0) is 12.5 Å². The standard InChI is InChI=1S/C13H14F2N2O3/c14-8-2-1-7(9(15)5-8)6-17-13(20)11-10(18)3-4-16-12(11)19/h1-2,5,10-11,18H,3-4,6H2,(H,16,19)(H,17,20). The summed E-state index contributed by atoms with van der Waals surface area (Å²) in [6.45, 7) is 0.137. The Morgan fingerprint density at radius 3 is 2.85 bits per heavy atom. The minimum absolute atomic E-state index is 0.102. The summed E-state index contributed by atoms with van der Waals surface area (Å²) in [5.41, 5.74) is 0.102. The molecule has 1 aliphatic heterocycles. The van der Waals surface area contributed by atoms with Gasteiger partial charge in [0, 0.05) is 24.7 Å². The number of carbonyl (C=O) groups is 2. The second-order valence-corrected chi connectivity index (χ2v) is 4.58. The number of amides is 2. The van der Waals surface area contributed by atoms with Gasteiger partial charge >= 0.3 is 0 Å². The number of rotatable bonds is 3. The molecule has 0 radical (unpaired) electrons. The molecule has 20 heavy (non-hydrogen) atoms. The lowest BCUT2D eigenvalue weighted by Crippen LogP contribution is -2.51. The molecule has 0 saturated carbocycles. The number of benzene rings is 1. The summed E-state index contributed by atoms with van der Waals surface area (Å²) in [5, 5.41) is 14.5. The SMILES string of the molecule is O=C1NCCC(O)C1C(=O)NCc1ccc(F)cc1F. The third-order valence-corrected chi connectivity index (χ3v) is 3.16. The van der Waals surface area contributed by atoms with Crippen molar-refractivity contribution in [1.82, 2.24) is 10.6 Å². The topological polar surface area (TPSA) is 78.4 Å². The molecule has 2 amide bonds. The zero-order valence-corrected chi connectivity index (χ0v) is 10.5. The van der Waals surface area contributed by atoms with E-state index in [9.17, 15) is 23.5 Å². The van der Waals surface area contributed by atoms with Gasteiger partial charge in [0.05, 0.1) is 6.10 Å². The van der Waals surface area contributed by atoms with Crippen molar-refractivity contribution in [2.45, 2.75) is 19.1 Å². The number of halogens is 2. The lowest BCUT2D eigenvalue weighted by molar-refractivity contribution is -0.142. The fourth-order valence-corrected chi connectivity index (χ4v) is 2.05. The van der Waals surface area contributed by atoms with E-state index < -0.39 is 35.5 Å². The molecule has 0 spiro atoms. The first kappa shape index (κ1) is 14.4. The highest BCUT2D eigenvalue weighted by Crippen LogP contribution is 2.14. The Bertz CT molecular complexity index is 536. The molecule has 1 fully saturated rings. The van der Waals surface area contributed by atoms with E-state index >= 15 is 0 Å². The van der Waals surface area contributed by atoms with Crippen LogP contribution in [-0.4, -0.2) is 29.6 Å². The summed E-state index contributed by atoms with van der Waals surface area (Å²) in [7, 11) is 0. The Balaban J connectivity index is 1.99. The number of aliphatic hydroxyl groups excluding tert-OH is 1. The largest absolute Gasteiger partial charge is 0.392 e. The van der Waals surface area contributed by atoms with Gasteiger partial charge in [0.25, 0.3) is 0 Å². The predicted molar refractivity (Wildman–Crippen MR) is 65.3 cm³/mol. The summed E-state index contributed by atoms with van der Waals surface area (Å²) < 4.78 is 26.1. The van der Waals surface area contributed by atoms with Gasteiger partial charge in [-0.15, -0.1) is 0 Å². The molecule has 5 nitrogen and oxygen atoms in total. The van der Waals surface area contributed by atoms with Crippen molar-refractivity contribution in [2.75, 3.05) is 6.54 Å². The summed E-state index contributed by atoms with van der Waals surface area (Å²) >= 11 is 0. The maximum Gasteiger partial charge on any atom is 0.235 e. The van der Waals surface area contributed by atoms with Crippen LogP contribution in [0.5, 0.6) is 0 Å². The van der Waals surface area contributed by atoms with Gasteiger partial charge in [-0.3, -0.25) is 9.59 Å². The van der Waals surface area contributed by atoms with E-state index in [0.29, 0.717) is 12.6 Å². The Morgan fingerprint density at radius 2 is 2.20 bits per heavy atom. The lowest BCUT2D eigenvalue weighted by Gasteiger charge is -2.26. The highest BCUT2D eigenvalue weighted by molar-refractivity contribution is 6.01.